The summed E-state index contributed by atoms with van der Waals surface area (Å²) in [5.41, 5.74) is 6.91. The maximum Gasteiger partial charge on any atom is 0.343 e. The van der Waals surface area contributed by atoms with E-state index < -0.39 is 0 Å². The van der Waals surface area contributed by atoms with E-state index >= 15 is 0 Å². The van der Waals surface area contributed by atoms with E-state index in [2.05, 4.69) is 34.6 Å². The van der Waals surface area contributed by atoms with E-state index in [4.69, 9.17) is 5.73 Å². The molecule has 1 aromatic carbocycles. The molecule has 1 fully saturated rings. The van der Waals surface area contributed by atoms with Gasteiger partial charge in [0.15, 0.2) is 0 Å². The molecule has 1 heterocycles. The molecule has 1 aromatic rings. The number of aliphatic imine (C=N–C) groups is 1. The molecule has 3 rings (SSSR count). The van der Waals surface area contributed by atoms with Gasteiger partial charge in [-0.25, -0.2) is 4.79 Å². The van der Waals surface area contributed by atoms with Crippen LogP contribution in [0.2, 0.25) is 0 Å². The van der Waals surface area contributed by atoms with Crippen LogP contribution in [0, 0.1) is 0 Å². The van der Waals surface area contributed by atoms with Crippen LogP contribution >= 0.6 is 0 Å². The van der Waals surface area contributed by atoms with E-state index in [1.807, 2.05) is 6.07 Å². The van der Waals surface area contributed by atoms with Crippen molar-refractivity contribution in [3.8, 4) is 0 Å². The molecule has 2 aliphatic rings. The molecule has 1 aliphatic carbocycles. The van der Waals surface area contributed by atoms with Gasteiger partial charge in [0.05, 0.1) is 5.54 Å². The monoisotopic (exact) mass is 243 g/mol. The number of rotatable bonds is 1. The lowest BCUT2D eigenvalue weighted by molar-refractivity contribution is 0.237. The number of urea groups is 1. The summed E-state index contributed by atoms with van der Waals surface area (Å²) in [4.78, 5) is 15.1. The Bertz CT molecular complexity index is 487. The van der Waals surface area contributed by atoms with Gasteiger partial charge in [-0.05, 0) is 37.2 Å². The molecule has 0 aromatic heterocycles. The first-order valence-electron chi connectivity index (χ1n) is 6.41. The molecule has 0 atom stereocenters. The van der Waals surface area contributed by atoms with Crippen molar-refractivity contribution in [3.05, 3.63) is 35.9 Å². The van der Waals surface area contributed by atoms with Crippen molar-refractivity contribution in [1.82, 2.24) is 5.32 Å². The molecule has 4 heteroatoms. The van der Waals surface area contributed by atoms with E-state index in [-0.39, 0.29) is 11.6 Å². The molecular weight excluding hydrogens is 226 g/mol. The maximum absolute atomic E-state index is 11.3. The smallest absolute Gasteiger partial charge is 0.343 e. The van der Waals surface area contributed by atoms with E-state index in [1.165, 1.54) is 5.56 Å². The predicted molar refractivity (Wildman–Crippen MR) is 70.5 cm³/mol. The van der Waals surface area contributed by atoms with Crippen LogP contribution in [0.25, 0.3) is 0 Å². The third-order valence-corrected chi connectivity index (χ3v) is 4.17. The van der Waals surface area contributed by atoms with Crippen molar-refractivity contribution in [2.75, 3.05) is 0 Å². The number of benzene rings is 1. The van der Waals surface area contributed by atoms with Crippen LogP contribution in [0.5, 0.6) is 0 Å². The second kappa shape index (κ2) is 4.12. The van der Waals surface area contributed by atoms with Crippen molar-refractivity contribution in [3.63, 3.8) is 0 Å². The van der Waals surface area contributed by atoms with Gasteiger partial charge in [0.1, 0.15) is 5.84 Å². The summed E-state index contributed by atoms with van der Waals surface area (Å²) in [7, 11) is 0. The predicted octanol–water partition coefficient (Wildman–Crippen LogP) is 2.16. The fraction of sp³-hybridized carbons (Fsp3) is 0.429. The Morgan fingerprint density at radius 1 is 1.22 bits per heavy atom. The normalized spacial score (nSPS) is 31.2. The summed E-state index contributed by atoms with van der Waals surface area (Å²) in [5, 5.41) is 2.92. The Morgan fingerprint density at radius 3 is 2.44 bits per heavy atom. The average Bonchev–Trinajstić information content (AvgIpc) is 2.66. The van der Waals surface area contributed by atoms with Gasteiger partial charge in [-0.1, -0.05) is 30.3 Å². The highest BCUT2D eigenvalue weighted by Crippen LogP contribution is 2.39. The zero-order chi connectivity index (χ0) is 12.6. The van der Waals surface area contributed by atoms with E-state index in [9.17, 15) is 4.79 Å². The number of amidine groups is 1. The van der Waals surface area contributed by atoms with Crippen molar-refractivity contribution in [1.29, 1.82) is 0 Å². The molecule has 2 amide bonds. The lowest BCUT2D eigenvalue weighted by Crippen LogP contribution is -2.53. The van der Waals surface area contributed by atoms with Gasteiger partial charge in [-0.15, -0.1) is 0 Å². The number of carbonyl (C=O) groups is 1. The van der Waals surface area contributed by atoms with Gasteiger partial charge >= 0.3 is 6.03 Å². The molecule has 3 N–H and O–H groups in total. The van der Waals surface area contributed by atoms with Crippen LogP contribution in [-0.2, 0) is 0 Å². The van der Waals surface area contributed by atoms with Crippen molar-refractivity contribution < 1.29 is 4.79 Å². The van der Waals surface area contributed by atoms with Gasteiger partial charge in [0.2, 0.25) is 0 Å². The van der Waals surface area contributed by atoms with Crippen LogP contribution in [0.15, 0.2) is 35.3 Å². The number of nitrogens with one attached hydrogen (secondary N) is 1. The fourth-order valence-corrected chi connectivity index (χ4v) is 3.06. The summed E-state index contributed by atoms with van der Waals surface area (Å²) < 4.78 is 0. The summed E-state index contributed by atoms with van der Waals surface area (Å²) in [6.45, 7) is 0. The number of nitrogens with two attached hydrogens (primary N) is 1. The molecule has 0 radical (unpaired) electrons. The second-order valence-corrected chi connectivity index (χ2v) is 5.19. The lowest BCUT2D eigenvalue weighted by atomic mass is 9.74. The third kappa shape index (κ3) is 1.78. The van der Waals surface area contributed by atoms with Gasteiger partial charge in [-0.3, -0.25) is 0 Å². The van der Waals surface area contributed by atoms with Gasteiger partial charge in [0, 0.05) is 0 Å². The number of nitrogens with zero attached hydrogens (tertiary/aromatic N) is 1. The zero-order valence-electron chi connectivity index (χ0n) is 10.2. The van der Waals surface area contributed by atoms with Crippen LogP contribution in [0.1, 0.15) is 37.2 Å². The Hall–Kier alpha value is -1.84. The molecule has 0 bridgehead atoms. The number of carbonyl (C=O) groups excluding carboxylic acids is 1. The van der Waals surface area contributed by atoms with E-state index in [0.717, 1.165) is 25.7 Å². The van der Waals surface area contributed by atoms with Gasteiger partial charge in [0.25, 0.3) is 0 Å². The van der Waals surface area contributed by atoms with E-state index in [1.54, 1.807) is 0 Å². The molecule has 1 aliphatic heterocycles. The van der Waals surface area contributed by atoms with Crippen LogP contribution in [-0.4, -0.2) is 17.4 Å². The topological polar surface area (TPSA) is 67.5 Å². The number of amides is 2. The number of hydrogen-bond acceptors (Lipinski definition) is 2. The van der Waals surface area contributed by atoms with Crippen LogP contribution in [0.4, 0.5) is 4.79 Å². The largest absolute Gasteiger partial charge is 0.385 e. The molecule has 0 unspecified atom stereocenters. The molecular formula is C14H17N3O. The molecule has 4 nitrogen and oxygen atoms in total. The summed E-state index contributed by atoms with van der Waals surface area (Å²) in [5.74, 6) is 1.04. The van der Waals surface area contributed by atoms with Gasteiger partial charge in [-0.2, -0.15) is 4.99 Å². The Morgan fingerprint density at radius 2 is 1.89 bits per heavy atom. The Labute approximate surface area is 106 Å². The zero-order valence-corrected chi connectivity index (χ0v) is 10.2. The maximum atomic E-state index is 11.3. The van der Waals surface area contributed by atoms with Crippen LogP contribution < -0.4 is 11.1 Å². The molecule has 1 spiro atoms. The van der Waals surface area contributed by atoms with Crippen molar-refractivity contribution in [2.24, 2.45) is 10.7 Å². The third-order valence-electron chi connectivity index (χ3n) is 4.17. The fourth-order valence-electron chi connectivity index (χ4n) is 3.06. The highest BCUT2D eigenvalue weighted by atomic mass is 16.2. The standard InChI is InChI=1S/C14H17N3O/c15-12-14(17-13(18)16-12)8-6-11(7-9-14)10-4-2-1-3-5-10/h1-5,11H,6-9H2,(H3,15,16,17,18). The molecule has 1 saturated carbocycles. The minimum atomic E-state index is -0.359. The minimum Gasteiger partial charge on any atom is -0.385 e. The summed E-state index contributed by atoms with van der Waals surface area (Å²) >= 11 is 0. The first-order valence-corrected chi connectivity index (χ1v) is 6.41. The quantitative estimate of drug-likeness (QED) is 0.793. The van der Waals surface area contributed by atoms with Gasteiger partial charge < -0.3 is 11.1 Å². The molecule has 18 heavy (non-hydrogen) atoms. The molecule has 94 valence electrons. The summed E-state index contributed by atoms with van der Waals surface area (Å²) in [6, 6.07) is 10.3. The second-order valence-electron chi connectivity index (χ2n) is 5.19. The highest BCUT2D eigenvalue weighted by molar-refractivity contribution is 6.05. The van der Waals surface area contributed by atoms with Crippen LogP contribution in [0.3, 0.4) is 0 Å². The minimum absolute atomic E-state index is 0.286. The highest BCUT2D eigenvalue weighted by Gasteiger charge is 2.43. The Kier molecular flexibility index (Phi) is 2.58. The number of hydrogen-bond donors (Lipinski definition) is 2. The molecule has 0 saturated heterocycles. The SMILES string of the molecule is NC1=NC(=O)NC12CCC(c1ccccc1)CC2. The van der Waals surface area contributed by atoms with Crippen molar-refractivity contribution in [2.45, 2.75) is 37.1 Å². The average molecular weight is 243 g/mol. The van der Waals surface area contributed by atoms with Crippen molar-refractivity contribution >= 4 is 11.9 Å². The lowest BCUT2D eigenvalue weighted by Gasteiger charge is -2.36. The first-order chi connectivity index (χ1) is 8.70. The summed E-state index contributed by atoms with van der Waals surface area (Å²) in [6.07, 6.45) is 3.85. The Balaban J connectivity index is 1.73. The first kappa shape index (κ1) is 11.3. The van der Waals surface area contributed by atoms with E-state index in [0.29, 0.717) is 11.8 Å².